The molecule has 4 aromatic rings. The molecule has 1 amide bonds. The Morgan fingerprint density at radius 2 is 1.64 bits per heavy atom. The highest BCUT2D eigenvalue weighted by Gasteiger charge is 2.17. The maximum Gasteiger partial charge on any atom is 0.261 e. The van der Waals surface area contributed by atoms with Gasteiger partial charge in [0, 0.05) is 11.3 Å². The van der Waals surface area contributed by atoms with Crippen LogP contribution in [0.1, 0.15) is 10.4 Å². The van der Waals surface area contributed by atoms with E-state index >= 15 is 0 Å². The summed E-state index contributed by atoms with van der Waals surface area (Å²) in [5, 5.41) is 3.19. The van der Waals surface area contributed by atoms with Crippen LogP contribution in [0.4, 0.5) is 10.8 Å². The first kappa shape index (κ1) is 18.1. The van der Waals surface area contributed by atoms with Crippen LogP contribution in [0.2, 0.25) is 0 Å². The van der Waals surface area contributed by atoms with Crippen LogP contribution in [0.15, 0.2) is 83.8 Å². The molecule has 0 radical (unpaired) electrons. The summed E-state index contributed by atoms with van der Waals surface area (Å²) >= 11 is 1.36. The van der Waals surface area contributed by atoms with Crippen LogP contribution in [0.25, 0.3) is 10.2 Å². The number of sulfonamides is 1. The highest BCUT2D eigenvalue weighted by molar-refractivity contribution is 7.92. The third-order valence-corrected chi connectivity index (χ3v) is 6.28. The normalized spacial score (nSPS) is 11.3. The molecule has 1 heterocycles. The summed E-state index contributed by atoms with van der Waals surface area (Å²) in [6, 6.07) is 22.0. The SMILES string of the molecule is O=C(Nc1nc2ccccc2s1)c1cccc(S(=O)(=O)Nc2ccccc2)c1. The van der Waals surface area contributed by atoms with Crippen molar-refractivity contribution in [1.29, 1.82) is 0 Å². The van der Waals surface area contributed by atoms with Crippen molar-refractivity contribution in [3.05, 3.63) is 84.4 Å². The van der Waals surface area contributed by atoms with Crippen LogP contribution in [-0.4, -0.2) is 19.3 Å². The van der Waals surface area contributed by atoms with Crippen molar-refractivity contribution in [2.24, 2.45) is 0 Å². The van der Waals surface area contributed by atoms with Crippen LogP contribution in [0.5, 0.6) is 0 Å². The number of fused-ring (bicyclic) bond motifs is 1. The Kier molecular flexibility index (Phi) is 4.81. The smallest absolute Gasteiger partial charge is 0.261 e. The fourth-order valence-corrected chi connectivity index (χ4v) is 4.58. The predicted molar refractivity (Wildman–Crippen MR) is 111 cm³/mol. The Morgan fingerprint density at radius 3 is 2.43 bits per heavy atom. The summed E-state index contributed by atoms with van der Waals surface area (Å²) in [5.74, 6) is -0.421. The van der Waals surface area contributed by atoms with Gasteiger partial charge in [-0.05, 0) is 42.5 Å². The maximum absolute atomic E-state index is 12.6. The molecule has 0 aliphatic heterocycles. The first-order chi connectivity index (χ1) is 13.5. The van der Waals surface area contributed by atoms with Gasteiger partial charge in [-0.1, -0.05) is 47.7 Å². The second-order valence-electron chi connectivity index (χ2n) is 5.94. The molecule has 0 atom stereocenters. The first-order valence-electron chi connectivity index (χ1n) is 8.36. The van der Waals surface area contributed by atoms with Gasteiger partial charge in [0.15, 0.2) is 5.13 Å². The van der Waals surface area contributed by atoms with Crippen LogP contribution in [0, 0.1) is 0 Å². The number of benzene rings is 3. The summed E-state index contributed by atoms with van der Waals surface area (Å²) in [4.78, 5) is 16.9. The number of thiazole rings is 1. The second-order valence-corrected chi connectivity index (χ2v) is 8.65. The number of anilines is 2. The lowest BCUT2D eigenvalue weighted by Gasteiger charge is -2.09. The van der Waals surface area contributed by atoms with E-state index in [-0.39, 0.29) is 10.5 Å². The zero-order chi connectivity index (χ0) is 19.6. The zero-order valence-corrected chi connectivity index (χ0v) is 16.1. The number of rotatable bonds is 5. The molecule has 0 bridgehead atoms. The highest BCUT2D eigenvalue weighted by Crippen LogP contribution is 2.26. The molecule has 0 unspecified atom stereocenters. The van der Waals surface area contributed by atoms with Crippen molar-refractivity contribution >= 4 is 48.3 Å². The van der Waals surface area contributed by atoms with Crippen LogP contribution in [-0.2, 0) is 10.0 Å². The number of aromatic nitrogens is 1. The van der Waals surface area contributed by atoms with E-state index in [9.17, 15) is 13.2 Å². The fourth-order valence-electron chi connectivity index (χ4n) is 2.62. The molecule has 2 N–H and O–H groups in total. The summed E-state index contributed by atoms with van der Waals surface area (Å²) in [6.45, 7) is 0. The van der Waals surface area contributed by atoms with Gasteiger partial charge in [-0.25, -0.2) is 13.4 Å². The number of nitrogens with one attached hydrogen (secondary N) is 2. The van der Waals surface area contributed by atoms with Crippen molar-refractivity contribution in [3.63, 3.8) is 0 Å². The molecule has 1 aromatic heterocycles. The topological polar surface area (TPSA) is 88.2 Å². The number of hydrogen-bond acceptors (Lipinski definition) is 5. The predicted octanol–water partition coefficient (Wildman–Crippen LogP) is 4.35. The average molecular weight is 409 g/mol. The number of nitrogens with zero attached hydrogens (tertiary/aromatic N) is 1. The number of hydrogen-bond donors (Lipinski definition) is 2. The number of para-hydroxylation sites is 2. The van der Waals surface area contributed by atoms with Gasteiger partial charge in [-0.3, -0.25) is 14.8 Å². The van der Waals surface area contributed by atoms with Gasteiger partial charge in [0.05, 0.1) is 15.1 Å². The first-order valence-corrected chi connectivity index (χ1v) is 10.7. The second kappa shape index (κ2) is 7.41. The van der Waals surface area contributed by atoms with E-state index < -0.39 is 15.9 Å². The standard InChI is InChI=1S/C20H15N3O3S2/c24-19(22-20-21-17-11-4-5-12-18(17)27-20)14-7-6-10-16(13-14)28(25,26)23-15-8-2-1-3-9-15/h1-13,23H,(H,21,22,24). The minimum Gasteiger partial charge on any atom is -0.298 e. The molecule has 0 saturated heterocycles. The van der Waals surface area contributed by atoms with Crippen molar-refractivity contribution in [2.75, 3.05) is 10.0 Å². The quantitative estimate of drug-likeness (QED) is 0.513. The van der Waals surface area contributed by atoms with Crippen molar-refractivity contribution in [1.82, 2.24) is 4.98 Å². The fraction of sp³-hybridized carbons (Fsp3) is 0. The maximum atomic E-state index is 12.6. The van der Waals surface area contributed by atoms with E-state index in [1.165, 1.54) is 29.5 Å². The largest absolute Gasteiger partial charge is 0.298 e. The summed E-state index contributed by atoms with van der Waals surface area (Å²) < 4.78 is 28.7. The van der Waals surface area contributed by atoms with Gasteiger partial charge < -0.3 is 0 Å². The van der Waals surface area contributed by atoms with E-state index in [4.69, 9.17) is 0 Å². The monoisotopic (exact) mass is 409 g/mol. The molecule has 8 heteroatoms. The minimum absolute atomic E-state index is 0.00769. The van der Waals surface area contributed by atoms with Gasteiger partial charge >= 0.3 is 0 Å². The lowest BCUT2D eigenvalue weighted by atomic mass is 10.2. The Balaban J connectivity index is 1.56. The van der Waals surface area contributed by atoms with Gasteiger partial charge in [-0.2, -0.15) is 0 Å². The Labute approximate surface area is 165 Å². The Bertz CT molecular complexity index is 1220. The zero-order valence-electron chi connectivity index (χ0n) is 14.5. The summed E-state index contributed by atoms with van der Waals surface area (Å²) in [6.07, 6.45) is 0. The van der Waals surface area contributed by atoms with Crippen LogP contribution in [0.3, 0.4) is 0 Å². The van der Waals surface area contributed by atoms with Crippen molar-refractivity contribution in [2.45, 2.75) is 4.90 Å². The van der Waals surface area contributed by atoms with Gasteiger partial charge in [0.25, 0.3) is 15.9 Å². The average Bonchev–Trinajstić information content (AvgIpc) is 3.11. The van der Waals surface area contributed by atoms with Crippen molar-refractivity contribution < 1.29 is 13.2 Å². The molecular weight excluding hydrogens is 394 g/mol. The van der Waals surface area contributed by atoms with E-state index in [2.05, 4.69) is 15.0 Å². The molecule has 0 fully saturated rings. The molecule has 4 rings (SSSR count). The lowest BCUT2D eigenvalue weighted by molar-refractivity contribution is 0.102. The number of carbonyl (C=O) groups excluding carboxylic acids is 1. The summed E-state index contributed by atoms with van der Waals surface area (Å²) in [5.41, 5.74) is 1.48. The van der Waals surface area contributed by atoms with E-state index in [0.717, 1.165) is 10.2 Å². The molecule has 0 aliphatic rings. The number of amides is 1. The van der Waals surface area contributed by atoms with E-state index in [1.54, 1.807) is 36.4 Å². The molecule has 140 valence electrons. The van der Waals surface area contributed by atoms with Gasteiger partial charge in [-0.15, -0.1) is 0 Å². The minimum atomic E-state index is -3.81. The molecular formula is C20H15N3O3S2. The molecule has 3 aromatic carbocycles. The van der Waals surface area contributed by atoms with E-state index in [0.29, 0.717) is 10.8 Å². The molecule has 0 saturated carbocycles. The van der Waals surface area contributed by atoms with Crippen molar-refractivity contribution in [3.8, 4) is 0 Å². The lowest BCUT2D eigenvalue weighted by Crippen LogP contribution is -2.15. The van der Waals surface area contributed by atoms with Crippen LogP contribution < -0.4 is 10.0 Å². The summed E-state index contributed by atoms with van der Waals surface area (Å²) in [7, 11) is -3.81. The van der Waals surface area contributed by atoms with Gasteiger partial charge in [0.1, 0.15) is 0 Å². The van der Waals surface area contributed by atoms with Crippen LogP contribution >= 0.6 is 11.3 Å². The molecule has 6 nitrogen and oxygen atoms in total. The molecule has 0 aliphatic carbocycles. The molecule has 0 spiro atoms. The van der Waals surface area contributed by atoms with Gasteiger partial charge in [0.2, 0.25) is 0 Å². The Hall–Kier alpha value is -3.23. The highest BCUT2D eigenvalue weighted by atomic mass is 32.2. The Morgan fingerprint density at radius 1 is 0.893 bits per heavy atom. The third kappa shape index (κ3) is 3.88. The third-order valence-electron chi connectivity index (χ3n) is 3.95. The van der Waals surface area contributed by atoms with E-state index in [1.807, 2.05) is 24.3 Å². The molecule has 28 heavy (non-hydrogen) atoms. The number of carbonyl (C=O) groups is 1.